The smallest absolute Gasteiger partial charge is 0.324 e. The lowest BCUT2D eigenvalue weighted by atomic mass is 9.91. The van der Waals surface area contributed by atoms with Crippen molar-refractivity contribution in [1.82, 2.24) is 19.8 Å². The maximum atomic E-state index is 13.9. The van der Waals surface area contributed by atoms with Crippen LogP contribution in [0.1, 0.15) is 36.1 Å². The number of hydrogen-bond donors (Lipinski definition) is 3. The Hall–Kier alpha value is -4.19. The fraction of sp³-hybridized carbons (Fsp3) is 0.414. The van der Waals surface area contributed by atoms with E-state index in [2.05, 4.69) is 54.9 Å². The minimum atomic E-state index is -2.62. The van der Waals surface area contributed by atoms with Crippen LogP contribution in [0.15, 0.2) is 48.7 Å². The van der Waals surface area contributed by atoms with E-state index in [0.717, 1.165) is 48.8 Å². The van der Waals surface area contributed by atoms with Gasteiger partial charge in [0.15, 0.2) is 0 Å². The van der Waals surface area contributed by atoms with Crippen LogP contribution >= 0.6 is 0 Å². The van der Waals surface area contributed by atoms with Crippen molar-refractivity contribution in [2.75, 3.05) is 67.7 Å². The third kappa shape index (κ3) is 5.43. The van der Waals surface area contributed by atoms with Crippen LogP contribution in [0.4, 0.5) is 42.4 Å². The predicted octanol–water partition coefficient (Wildman–Crippen LogP) is 5.08. The minimum absolute atomic E-state index is 0.239. The molecule has 0 spiro atoms. The number of benzene rings is 2. The maximum absolute atomic E-state index is 13.9. The van der Waals surface area contributed by atoms with E-state index in [-0.39, 0.29) is 11.8 Å². The lowest BCUT2D eigenvalue weighted by Crippen LogP contribution is -2.47. The molecule has 3 N–H and O–H groups in total. The molecule has 2 amide bonds. The monoisotopic (exact) mass is 564 g/mol. The molecule has 3 aromatic rings. The average Bonchev–Trinajstić information content (AvgIpc) is 2.97. The zero-order valence-electron chi connectivity index (χ0n) is 23.1. The van der Waals surface area contributed by atoms with Gasteiger partial charge in [-0.05, 0) is 43.8 Å². The van der Waals surface area contributed by atoms with Gasteiger partial charge >= 0.3 is 6.03 Å². The number of fused-ring (bicyclic) bond motifs is 2. The predicted molar refractivity (Wildman–Crippen MR) is 155 cm³/mol. The molecular weight excluding hydrogens is 530 g/mol. The van der Waals surface area contributed by atoms with Crippen molar-refractivity contribution >= 4 is 34.9 Å². The number of piperazine rings is 1. The summed E-state index contributed by atoms with van der Waals surface area (Å²) < 4.78 is 33.3. The normalized spacial score (nSPS) is 20.7. The average molecular weight is 565 g/mol. The number of nitrogens with one attached hydrogen (secondary N) is 3. The number of urea groups is 1. The second-order valence-electron chi connectivity index (χ2n) is 10.6. The van der Waals surface area contributed by atoms with Gasteiger partial charge in [-0.1, -0.05) is 12.1 Å². The van der Waals surface area contributed by atoms with E-state index in [0.29, 0.717) is 24.3 Å². The quantitative estimate of drug-likeness (QED) is 0.366. The first kappa shape index (κ1) is 27.0. The van der Waals surface area contributed by atoms with Gasteiger partial charge in [0.2, 0.25) is 12.4 Å². The molecule has 0 aliphatic carbocycles. The molecule has 1 fully saturated rings. The number of para-hydroxylation sites is 1. The number of aromatic nitrogens is 2. The molecule has 0 bridgehead atoms. The van der Waals surface area contributed by atoms with Gasteiger partial charge in [-0.15, -0.1) is 0 Å². The van der Waals surface area contributed by atoms with Crippen LogP contribution in [0.3, 0.4) is 0 Å². The van der Waals surface area contributed by atoms with E-state index < -0.39 is 31.0 Å². The van der Waals surface area contributed by atoms with Crippen molar-refractivity contribution < 1.29 is 18.3 Å². The zero-order chi connectivity index (χ0) is 28.5. The molecule has 2 unspecified atom stereocenters. The number of alkyl halides is 2. The Morgan fingerprint density at radius 2 is 1.88 bits per heavy atom. The highest BCUT2D eigenvalue weighted by molar-refractivity contribution is 5.92. The summed E-state index contributed by atoms with van der Waals surface area (Å²) in [5.74, 6) is 1.16. The van der Waals surface area contributed by atoms with Gasteiger partial charge in [0.05, 0.1) is 24.9 Å². The summed E-state index contributed by atoms with van der Waals surface area (Å²) in [7, 11) is 3.71. The summed E-state index contributed by atoms with van der Waals surface area (Å²) in [5.41, 5.74) is 4.00. The minimum Gasteiger partial charge on any atom is -0.495 e. The Kier molecular flexibility index (Phi) is 7.48. The highest BCUT2D eigenvalue weighted by Crippen LogP contribution is 2.46. The molecule has 216 valence electrons. The molecular formula is C29H34F2N8O2. The lowest BCUT2D eigenvalue weighted by molar-refractivity contribution is 0.0742. The van der Waals surface area contributed by atoms with Crippen molar-refractivity contribution in [3.8, 4) is 5.75 Å². The van der Waals surface area contributed by atoms with E-state index in [4.69, 9.17) is 4.74 Å². The number of amides is 2. The number of hydrogen-bond acceptors (Lipinski definition) is 8. The van der Waals surface area contributed by atoms with E-state index >= 15 is 0 Å². The van der Waals surface area contributed by atoms with Crippen LogP contribution < -0.4 is 25.6 Å². The Labute approximate surface area is 237 Å². The molecule has 41 heavy (non-hydrogen) atoms. The summed E-state index contributed by atoms with van der Waals surface area (Å²) in [6.07, 6.45) is -1.04. The van der Waals surface area contributed by atoms with Crippen LogP contribution in [0, 0.1) is 0 Å². The topological polar surface area (TPSA) is 97.9 Å². The van der Waals surface area contributed by atoms with Gasteiger partial charge in [0.25, 0.3) is 0 Å². The highest BCUT2D eigenvalue weighted by atomic mass is 19.3. The number of ether oxygens (including phenoxy) is 1. The standard InChI is InChI=1S/C29H34F2N8O2/c1-37-12-14-38(15-13-37)19-8-6-18(7-9-19)34-28-33-17-21-23(16-25(30)31)39(29(40)36-27(21)35-28)22-10-11-32-26-20(22)4-3-5-24(26)41-2/h3-9,17,22-23,25,32H,10-16H2,1-2H3,(H2,33,34,35,36,40). The molecule has 12 heteroatoms. The number of methoxy groups -OCH3 is 1. The Balaban J connectivity index is 1.25. The second kappa shape index (κ2) is 11.4. The van der Waals surface area contributed by atoms with Crippen LogP contribution in [-0.2, 0) is 0 Å². The third-order valence-electron chi connectivity index (χ3n) is 8.06. The third-order valence-corrected chi connectivity index (χ3v) is 8.06. The molecule has 2 aromatic carbocycles. The molecule has 4 heterocycles. The first-order valence-electron chi connectivity index (χ1n) is 13.9. The summed E-state index contributed by atoms with van der Waals surface area (Å²) in [6.45, 7) is 4.57. The number of carbonyl (C=O) groups excluding carboxylic acids is 1. The fourth-order valence-corrected chi connectivity index (χ4v) is 5.93. The van der Waals surface area contributed by atoms with Gasteiger partial charge in [-0.25, -0.2) is 18.6 Å². The number of likely N-dealkylation sites (N-methyl/N-ethyl adjacent to an activating group) is 1. The molecule has 6 rings (SSSR count). The van der Waals surface area contributed by atoms with Crippen LogP contribution in [-0.4, -0.2) is 79.1 Å². The molecule has 2 atom stereocenters. The first-order chi connectivity index (χ1) is 19.9. The Morgan fingerprint density at radius 1 is 1.10 bits per heavy atom. The Morgan fingerprint density at radius 3 is 2.61 bits per heavy atom. The number of carbonyl (C=O) groups is 1. The lowest BCUT2D eigenvalue weighted by Gasteiger charge is -2.43. The van der Waals surface area contributed by atoms with Crippen molar-refractivity contribution in [3.05, 3.63) is 59.8 Å². The molecule has 3 aliphatic heterocycles. The zero-order valence-corrected chi connectivity index (χ0v) is 23.1. The van der Waals surface area contributed by atoms with Crippen molar-refractivity contribution in [3.63, 3.8) is 0 Å². The van der Waals surface area contributed by atoms with Crippen LogP contribution in [0.25, 0.3) is 0 Å². The summed E-state index contributed by atoms with van der Waals surface area (Å²) in [4.78, 5) is 28.7. The largest absolute Gasteiger partial charge is 0.495 e. The van der Waals surface area contributed by atoms with E-state index in [1.807, 2.05) is 30.3 Å². The van der Waals surface area contributed by atoms with Crippen LogP contribution in [0.2, 0.25) is 0 Å². The van der Waals surface area contributed by atoms with Crippen molar-refractivity contribution in [2.24, 2.45) is 0 Å². The molecule has 10 nitrogen and oxygen atoms in total. The summed E-state index contributed by atoms with van der Waals surface area (Å²) in [5, 5.41) is 9.34. The maximum Gasteiger partial charge on any atom is 0.324 e. The number of nitrogens with zero attached hydrogens (tertiary/aromatic N) is 5. The Bertz CT molecular complexity index is 1400. The van der Waals surface area contributed by atoms with Gasteiger partial charge in [0.1, 0.15) is 11.6 Å². The van der Waals surface area contributed by atoms with Gasteiger partial charge in [-0.2, -0.15) is 4.98 Å². The molecule has 1 saturated heterocycles. The molecule has 0 radical (unpaired) electrons. The second-order valence-corrected chi connectivity index (χ2v) is 10.6. The van der Waals surface area contributed by atoms with Crippen molar-refractivity contribution in [2.45, 2.75) is 31.4 Å². The van der Waals surface area contributed by atoms with Crippen molar-refractivity contribution in [1.29, 1.82) is 0 Å². The fourth-order valence-electron chi connectivity index (χ4n) is 5.93. The van der Waals surface area contributed by atoms with E-state index in [9.17, 15) is 13.6 Å². The van der Waals surface area contributed by atoms with Crippen LogP contribution in [0.5, 0.6) is 5.75 Å². The number of rotatable bonds is 7. The summed E-state index contributed by atoms with van der Waals surface area (Å²) >= 11 is 0. The summed E-state index contributed by atoms with van der Waals surface area (Å²) in [6, 6.07) is 11.8. The van der Waals surface area contributed by atoms with Gasteiger partial charge in [-0.3, -0.25) is 5.32 Å². The molecule has 1 aromatic heterocycles. The molecule has 3 aliphatic rings. The van der Waals surface area contributed by atoms with E-state index in [1.165, 1.54) is 11.1 Å². The highest BCUT2D eigenvalue weighted by Gasteiger charge is 2.42. The number of halogens is 2. The number of anilines is 5. The van der Waals surface area contributed by atoms with E-state index in [1.54, 1.807) is 7.11 Å². The van der Waals surface area contributed by atoms with Gasteiger partial charge < -0.3 is 30.1 Å². The van der Waals surface area contributed by atoms with Gasteiger partial charge in [0, 0.05) is 67.8 Å². The SMILES string of the molecule is COc1cccc2c1NCCC2N1C(=O)Nc2nc(Nc3ccc(N4CCN(C)CC4)cc3)ncc2C1CC(F)F. The first-order valence-corrected chi connectivity index (χ1v) is 13.9. The molecule has 0 saturated carbocycles.